The molecule has 0 saturated carbocycles. The number of carbonyl (C=O) groups is 1. The summed E-state index contributed by atoms with van der Waals surface area (Å²) < 4.78 is 0. The molecule has 1 atom stereocenters. The Morgan fingerprint density at radius 2 is 2.26 bits per heavy atom. The molecule has 1 aliphatic heterocycles. The zero-order chi connectivity index (χ0) is 13.5. The third kappa shape index (κ3) is 4.63. The Bertz CT molecular complexity index is 394. The number of amides is 1. The van der Waals surface area contributed by atoms with Crippen LogP contribution in [0, 0.1) is 5.92 Å². The lowest BCUT2D eigenvalue weighted by molar-refractivity contribution is 0.0950. The summed E-state index contributed by atoms with van der Waals surface area (Å²) in [5.41, 5.74) is 0.682. The SMILES string of the molecule is CC1CCCN(CCCNC(=O)c2ccncc2)C1. The highest BCUT2D eigenvalue weighted by atomic mass is 16.1. The first-order valence-electron chi connectivity index (χ1n) is 7.16. The number of piperidine rings is 1. The molecule has 1 aliphatic rings. The molecule has 2 rings (SSSR count). The van der Waals surface area contributed by atoms with Gasteiger partial charge in [-0.05, 0) is 50.4 Å². The van der Waals surface area contributed by atoms with Gasteiger partial charge in [-0.25, -0.2) is 0 Å². The maximum absolute atomic E-state index is 11.8. The summed E-state index contributed by atoms with van der Waals surface area (Å²) in [4.78, 5) is 18.2. The van der Waals surface area contributed by atoms with Gasteiger partial charge < -0.3 is 10.2 Å². The molecule has 0 bridgehead atoms. The molecule has 2 heterocycles. The fourth-order valence-corrected chi connectivity index (χ4v) is 2.60. The van der Waals surface area contributed by atoms with E-state index in [1.54, 1.807) is 24.5 Å². The first kappa shape index (κ1) is 14.0. The van der Waals surface area contributed by atoms with Crippen molar-refractivity contribution in [3.63, 3.8) is 0 Å². The van der Waals surface area contributed by atoms with Crippen LogP contribution in [0.4, 0.5) is 0 Å². The Morgan fingerprint density at radius 1 is 1.47 bits per heavy atom. The number of pyridine rings is 1. The van der Waals surface area contributed by atoms with Crippen molar-refractivity contribution in [2.24, 2.45) is 5.92 Å². The van der Waals surface area contributed by atoms with Gasteiger partial charge in [0.2, 0.25) is 0 Å². The average molecular weight is 261 g/mol. The molecule has 1 saturated heterocycles. The number of aromatic nitrogens is 1. The predicted octanol–water partition coefficient (Wildman–Crippen LogP) is 1.93. The van der Waals surface area contributed by atoms with Gasteiger partial charge in [0, 0.05) is 31.0 Å². The van der Waals surface area contributed by atoms with Gasteiger partial charge in [-0.3, -0.25) is 9.78 Å². The lowest BCUT2D eigenvalue weighted by atomic mass is 10.0. The van der Waals surface area contributed by atoms with Crippen LogP contribution in [0.2, 0.25) is 0 Å². The zero-order valence-corrected chi connectivity index (χ0v) is 11.6. The zero-order valence-electron chi connectivity index (χ0n) is 11.6. The molecule has 19 heavy (non-hydrogen) atoms. The molecular weight excluding hydrogens is 238 g/mol. The van der Waals surface area contributed by atoms with Gasteiger partial charge in [-0.15, -0.1) is 0 Å². The van der Waals surface area contributed by atoms with Crippen LogP contribution in [-0.4, -0.2) is 42.0 Å². The third-order valence-corrected chi connectivity index (χ3v) is 3.62. The van der Waals surface area contributed by atoms with E-state index in [2.05, 4.69) is 22.1 Å². The second-order valence-electron chi connectivity index (χ2n) is 5.39. The van der Waals surface area contributed by atoms with E-state index in [1.807, 2.05) is 0 Å². The summed E-state index contributed by atoms with van der Waals surface area (Å²) in [5, 5.41) is 2.96. The Hall–Kier alpha value is -1.42. The van der Waals surface area contributed by atoms with Crippen molar-refractivity contribution in [2.75, 3.05) is 26.2 Å². The van der Waals surface area contributed by atoms with Crippen LogP contribution < -0.4 is 5.32 Å². The van der Waals surface area contributed by atoms with Crippen molar-refractivity contribution in [1.29, 1.82) is 0 Å². The van der Waals surface area contributed by atoms with Gasteiger partial charge in [0.1, 0.15) is 0 Å². The Kier molecular flexibility index (Phi) is 5.33. The summed E-state index contributed by atoms with van der Waals surface area (Å²) in [6.45, 7) is 6.56. The monoisotopic (exact) mass is 261 g/mol. The smallest absolute Gasteiger partial charge is 0.251 e. The van der Waals surface area contributed by atoms with Gasteiger partial charge in [0.05, 0.1) is 0 Å². The molecular formula is C15H23N3O. The number of carbonyl (C=O) groups excluding carboxylic acids is 1. The summed E-state index contributed by atoms with van der Waals surface area (Å²) in [5.74, 6) is 0.814. The van der Waals surface area contributed by atoms with Crippen molar-refractivity contribution < 1.29 is 4.79 Å². The van der Waals surface area contributed by atoms with E-state index in [0.29, 0.717) is 5.56 Å². The summed E-state index contributed by atoms with van der Waals surface area (Å²) in [7, 11) is 0. The van der Waals surface area contributed by atoms with E-state index in [-0.39, 0.29) is 5.91 Å². The minimum Gasteiger partial charge on any atom is -0.352 e. The first-order valence-corrected chi connectivity index (χ1v) is 7.16. The van der Waals surface area contributed by atoms with E-state index < -0.39 is 0 Å². The number of rotatable bonds is 5. The van der Waals surface area contributed by atoms with Crippen LogP contribution in [0.5, 0.6) is 0 Å². The molecule has 1 amide bonds. The normalized spacial score (nSPS) is 20.2. The Labute approximate surface area is 115 Å². The lowest BCUT2D eigenvalue weighted by Gasteiger charge is -2.30. The molecule has 4 heteroatoms. The minimum absolute atomic E-state index is 0.00517. The van der Waals surface area contributed by atoms with Crippen LogP contribution >= 0.6 is 0 Å². The lowest BCUT2D eigenvalue weighted by Crippen LogP contribution is -2.36. The number of nitrogens with zero attached hydrogens (tertiary/aromatic N) is 2. The second-order valence-corrected chi connectivity index (χ2v) is 5.39. The molecule has 104 valence electrons. The van der Waals surface area contributed by atoms with Crippen LogP contribution in [0.25, 0.3) is 0 Å². The maximum atomic E-state index is 11.8. The van der Waals surface area contributed by atoms with Gasteiger partial charge in [-0.2, -0.15) is 0 Å². The standard InChI is InChI=1S/C15H23N3O/c1-13-4-2-10-18(12-13)11-3-7-17-15(19)14-5-8-16-9-6-14/h5-6,8-9,13H,2-4,7,10-12H2,1H3,(H,17,19). The molecule has 1 aromatic rings. The van der Waals surface area contributed by atoms with Crippen molar-refractivity contribution >= 4 is 5.91 Å². The quantitative estimate of drug-likeness (QED) is 0.824. The number of likely N-dealkylation sites (tertiary alicyclic amines) is 1. The van der Waals surface area contributed by atoms with E-state index in [1.165, 1.54) is 25.9 Å². The van der Waals surface area contributed by atoms with Crippen molar-refractivity contribution in [3.8, 4) is 0 Å². The topological polar surface area (TPSA) is 45.2 Å². The average Bonchev–Trinajstić information content (AvgIpc) is 2.44. The van der Waals surface area contributed by atoms with Crippen LogP contribution in [0.15, 0.2) is 24.5 Å². The largest absolute Gasteiger partial charge is 0.352 e. The molecule has 1 N–H and O–H groups in total. The molecule has 1 aromatic heterocycles. The molecule has 1 fully saturated rings. The summed E-state index contributed by atoms with van der Waals surface area (Å²) in [6, 6.07) is 3.48. The predicted molar refractivity (Wildman–Crippen MR) is 76.0 cm³/mol. The number of hydrogen-bond acceptors (Lipinski definition) is 3. The molecule has 0 aromatic carbocycles. The summed E-state index contributed by atoms with van der Waals surface area (Å²) in [6.07, 6.45) is 6.97. The van der Waals surface area contributed by atoms with Crippen molar-refractivity contribution in [3.05, 3.63) is 30.1 Å². The maximum Gasteiger partial charge on any atom is 0.251 e. The highest BCUT2D eigenvalue weighted by molar-refractivity contribution is 5.93. The van der Waals surface area contributed by atoms with E-state index in [4.69, 9.17) is 0 Å². The molecule has 0 spiro atoms. The molecule has 1 unspecified atom stereocenters. The fourth-order valence-electron chi connectivity index (χ4n) is 2.60. The van der Waals surface area contributed by atoms with Crippen molar-refractivity contribution in [2.45, 2.75) is 26.2 Å². The molecule has 0 aliphatic carbocycles. The van der Waals surface area contributed by atoms with Gasteiger partial charge in [-0.1, -0.05) is 6.92 Å². The third-order valence-electron chi connectivity index (χ3n) is 3.62. The Morgan fingerprint density at radius 3 is 3.00 bits per heavy atom. The molecule has 0 radical (unpaired) electrons. The van der Waals surface area contributed by atoms with Crippen LogP contribution in [-0.2, 0) is 0 Å². The Balaban J connectivity index is 1.63. The van der Waals surface area contributed by atoms with E-state index in [9.17, 15) is 4.79 Å². The van der Waals surface area contributed by atoms with E-state index in [0.717, 1.165) is 25.4 Å². The van der Waals surface area contributed by atoms with Gasteiger partial charge in [0.15, 0.2) is 0 Å². The fraction of sp³-hybridized carbons (Fsp3) is 0.600. The van der Waals surface area contributed by atoms with Crippen LogP contribution in [0.3, 0.4) is 0 Å². The first-order chi connectivity index (χ1) is 9.25. The summed E-state index contributed by atoms with van der Waals surface area (Å²) >= 11 is 0. The van der Waals surface area contributed by atoms with Crippen molar-refractivity contribution in [1.82, 2.24) is 15.2 Å². The second kappa shape index (κ2) is 7.24. The highest BCUT2D eigenvalue weighted by Gasteiger charge is 2.15. The molecule has 4 nitrogen and oxygen atoms in total. The highest BCUT2D eigenvalue weighted by Crippen LogP contribution is 2.15. The van der Waals surface area contributed by atoms with Gasteiger partial charge >= 0.3 is 0 Å². The minimum atomic E-state index is -0.00517. The number of hydrogen-bond donors (Lipinski definition) is 1. The van der Waals surface area contributed by atoms with Gasteiger partial charge in [0.25, 0.3) is 5.91 Å². The van der Waals surface area contributed by atoms with E-state index >= 15 is 0 Å². The van der Waals surface area contributed by atoms with Crippen LogP contribution in [0.1, 0.15) is 36.5 Å². The number of nitrogens with one attached hydrogen (secondary N) is 1.